The molecule has 0 saturated heterocycles. The first-order valence-corrected chi connectivity index (χ1v) is 7.52. The lowest BCUT2D eigenvalue weighted by Gasteiger charge is -2.37. The Morgan fingerprint density at radius 3 is 2.79 bits per heavy atom. The molecule has 0 aliphatic heterocycles. The molecule has 1 aliphatic carbocycles. The van der Waals surface area contributed by atoms with Crippen molar-refractivity contribution in [3.8, 4) is 0 Å². The molecule has 0 radical (unpaired) electrons. The number of hydrogen-bond acceptors (Lipinski definition) is 2. The fraction of sp³-hybridized carbons (Fsp3) is 0.267. The third-order valence-electron chi connectivity index (χ3n) is 3.58. The summed E-state index contributed by atoms with van der Waals surface area (Å²) >= 11 is 9.48. The Kier molecular flexibility index (Phi) is 3.76. The summed E-state index contributed by atoms with van der Waals surface area (Å²) in [5.74, 6) is 0.617. The van der Waals surface area contributed by atoms with Gasteiger partial charge in [0.05, 0.1) is 5.69 Å². The zero-order valence-electron chi connectivity index (χ0n) is 10.3. The van der Waals surface area contributed by atoms with Gasteiger partial charge in [-0.05, 0) is 64.5 Å². The molecule has 0 atom stereocenters. The number of aromatic nitrogens is 1. The Hall–Kier alpha value is -1.06. The lowest BCUT2D eigenvalue weighted by atomic mass is 9.76. The second-order valence-corrected chi connectivity index (χ2v) is 6.09. The first-order chi connectivity index (χ1) is 9.22. The van der Waals surface area contributed by atoms with Crippen LogP contribution >= 0.6 is 27.5 Å². The molecule has 1 saturated carbocycles. The van der Waals surface area contributed by atoms with Crippen molar-refractivity contribution in [2.24, 2.45) is 0 Å². The number of nitrogens with one attached hydrogen (secondary N) is 1. The number of nitrogens with zero attached hydrogens (tertiary/aromatic N) is 1. The van der Waals surface area contributed by atoms with Crippen LogP contribution in [0.15, 0.2) is 47.2 Å². The van der Waals surface area contributed by atoms with E-state index in [0.717, 1.165) is 28.2 Å². The zero-order chi connectivity index (χ0) is 13.2. The maximum absolute atomic E-state index is 6.03. The fourth-order valence-corrected chi connectivity index (χ4v) is 3.05. The van der Waals surface area contributed by atoms with Gasteiger partial charge in [-0.15, -0.1) is 0 Å². The molecule has 3 rings (SSSR count). The number of hydrogen-bond donors (Lipinski definition) is 1. The normalized spacial score (nSPS) is 21.8. The summed E-state index contributed by atoms with van der Waals surface area (Å²) in [7, 11) is 0. The minimum Gasteiger partial charge on any atom is -0.380 e. The number of pyridine rings is 1. The van der Waals surface area contributed by atoms with E-state index in [1.807, 2.05) is 24.3 Å². The van der Waals surface area contributed by atoms with Gasteiger partial charge < -0.3 is 5.32 Å². The molecular formula is C15H14BrClN2. The van der Waals surface area contributed by atoms with Crippen LogP contribution < -0.4 is 5.32 Å². The van der Waals surface area contributed by atoms with Crippen LogP contribution in [0.5, 0.6) is 0 Å². The Morgan fingerprint density at radius 1 is 1.21 bits per heavy atom. The predicted molar refractivity (Wildman–Crippen MR) is 82.8 cm³/mol. The molecule has 98 valence electrons. The van der Waals surface area contributed by atoms with E-state index in [9.17, 15) is 0 Å². The second-order valence-electron chi connectivity index (χ2n) is 4.91. The minimum atomic E-state index is 0.518. The van der Waals surface area contributed by atoms with E-state index in [1.165, 1.54) is 5.56 Å². The Labute approximate surface area is 126 Å². The summed E-state index contributed by atoms with van der Waals surface area (Å²) in [4.78, 5) is 4.22. The van der Waals surface area contributed by atoms with Crippen molar-refractivity contribution >= 4 is 33.2 Å². The highest BCUT2D eigenvalue weighted by atomic mass is 79.9. The lowest BCUT2D eigenvalue weighted by Crippen LogP contribution is -2.34. The minimum absolute atomic E-state index is 0.518. The highest BCUT2D eigenvalue weighted by molar-refractivity contribution is 9.10. The number of benzene rings is 1. The predicted octanol–water partition coefficient (Wildman–Crippen LogP) is 4.86. The van der Waals surface area contributed by atoms with Crippen LogP contribution in [0.25, 0.3) is 0 Å². The third-order valence-corrected chi connectivity index (χ3v) is 4.44. The maximum atomic E-state index is 6.03. The molecule has 1 N–H and O–H groups in total. The zero-order valence-corrected chi connectivity index (χ0v) is 12.7. The molecule has 0 amide bonds. The molecule has 2 nitrogen and oxygen atoms in total. The van der Waals surface area contributed by atoms with Gasteiger partial charge in [0.25, 0.3) is 0 Å². The van der Waals surface area contributed by atoms with E-state index in [1.54, 1.807) is 6.20 Å². The molecule has 0 bridgehead atoms. The average Bonchev–Trinajstić information content (AvgIpc) is 2.35. The first kappa shape index (κ1) is 12.9. The van der Waals surface area contributed by atoms with Crippen molar-refractivity contribution in [1.82, 2.24) is 4.98 Å². The van der Waals surface area contributed by atoms with E-state index < -0.39 is 0 Å². The monoisotopic (exact) mass is 336 g/mol. The molecule has 19 heavy (non-hydrogen) atoms. The van der Waals surface area contributed by atoms with Gasteiger partial charge in [-0.25, -0.2) is 4.98 Å². The van der Waals surface area contributed by atoms with Gasteiger partial charge in [0.15, 0.2) is 0 Å². The van der Waals surface area contributed by atoms with Crippen LogP contribution in [0.2, 0.25) is 5.02 Å². The smallest absolute Gasteiger partial charge is 0.129 e. The Balaban J connectivity index is 1.60. The second kappa shape index (κ2) is 5.51. The van der Waals surface area contributed by atoms with E-state index in [2.05, 4.69) is 38.4 Å². The first-order valence-electron chi connectivity index (χ1n) is 6.35. The van der Waals surface area contributed by atoms with Crippen molar-refractivity contribution in [2.45, 2.75) is 24.8 Å². The third kappa shape index (κ3) is 2.93. The van der Waals surface area contributed by atoms with Crippen LogP contribution in [0.4, 0.5) is 5.69 Å². The van der Waals surface area contributed by atoms with Crippen LogP contribution in [-0.4, -0.2) is 11.0 Å². The summed E-state index contributed by atoms with van der Waals surface area (Å²) in [6.07, 6.45) is 4.06. The standard InChI is InChI=1S/C15H14BrClN2/c16-15-14(5-2-6-18-15)19-13-8-11(9-13)10-3-1-4-12(17)7-10/h1-7,11,13,19H,8-9H2. The highest BCUT2D eigenvalue weighted by Gasteiger charge is 2.30. The van der Waals surface area contributed by atoms with Gasteiger partial charge in [-0.3, -0.25) is 0 Å². The summed E-state index contributed by atoms with van der Waals surface area (Å²) in [6.45, 7) is 0. The van der Waals surface area contributed by atoms with Crippen LogP contribution in [-0.2, 0) is 0 Å². The molecule has 0 spiro atoms. The summed E-state index contributed by atoms with van der Waals surface area (Å²) in [5, 5.41) is 4.34. The number of halogens is 2. The average molecular weight is 338 g/mol. The summed E-state index contributed by atoms with van der Waals surface area (Å²) < 4.78 is 0.876. The fourth-order valence-electron chi connectivity index (χ4n) is 2.48. The van der Waals surface area contributed by atoms with Gasteiger partial charge in [0, 0.05) is 17.3 Å². The van der Waals surface area contributed by atoms with Gasteiger partial charge in [-0.1, -0.05) is 23.7 Å². The number of anilines is 1. The van der Waals surface area contributed by atoms with E-state index in [0.29, 0.717) is 12.0 Å². The number of rotatable bonds is 3. The van der Waals surface area contributed by atoms with E-state index in [4.69, 9.17) is 11.6 Å². The molecular weight excluding hydrogens is 324 g/mol. The molecule has 1 aliphatic rings. The SMILES string of the molecule is Clc1cccc(C2CC(Nc3cccnc3Br)C2)c1. The molecule has 1 aromatic carbocycles. The largest absolute Gasteiger partial charge is 0.380 e. The molecule has 1 heterocycles. The maximum Gasteiger partial charge on any atom is 0.129 e. The van der Waals surface area contributed by atoms with Crippen molar-refractivity contribution in [1.29, 1.82) is 0 Å². The topological polar surface area (TPSA) is 24.9 Å². The van der Waals surface area contributed by atoms with Crippen LogP contribution in [0, 0.1) is 0 Å². The van der Waals surface area contributed by atoms with Gasteiger partial charge in [0.1, 0.15) is 4.60 Å². The van der Waals surface area contributed by atoms with E-state index in [-0.39, 0.29) is 0 Å². The van der Waals surface area contributed by atoms with Crippen molar-refractivity contribution in [2.75, 3.05) is 5.32 Å². The highest BCUT2D eigenvalue weighted by Crippen LogP contribution is 2.39. The molecule has 1 fully saturated rings. The Morgan fingerprint density at radius 2 is 2.05 bits per heavy atom. The van der Waals surface area contributed by atoms with Gasteiger partial charge in [0.2, 0.25) is 0 Å². The van der Waals surface area contributed by atoms with Crippen molar-refractivity contribution in [3.05, 3.63) is 57.8 Å². The molecule has 1 aromatic heterocycles. The van der Waals surface area contributed by atoms with Crippen LogP contribution in [0.3, 0.4) is 0 Å². The van der Waals surface area contributed by atoms with Crippen molar-refractivity contribution < 1.29 is 0 Å². The van der Waals surface area contributed by atoms with Crippen molar-refractivity contribution in [3.63, 3.8) is 0 Å². The van der Waals surface area contributed by atoms with Gasteiger partial charge in [-0.2, -0.15) is 0 Å². The molecule has 4 heteroatoms. The summed E-state index contributed by atoms with van der Waals surface area (Å²) in [6, 6.07) is 12.7. The quantitative estimate of drug-likeness (QED) is 0.809. The summed E-state index contributed by atoms with van der Waals surface area (Å²) in [5.41, 5.74) is 2.41. The molecule has 0 unspecified atom stereocenters. The lowest BCUT2D eigenvalue weighted by molar-refractivity contribution is 0.374. The van der Waals surface area contributed by atoms with E-state index >= 15 is 0 Å². The van der Waals surface area contributed by atoms with Gasteiger partial charge >= 0.3 is 0 Å². The van der Waals surface area contributed by atoms with Crippen LogP contribution in [0.1, 0.15) is 24.3 Å². The Bertz CT molecular complexity index is 582. The molecule has 2 aromatic rings.